The van der Waals surface area contributed by atoms with Crippen molar-refractivity contribution in [3.8, 4) is 17.3 Å². The summed E-state index contributed by atoms with van der Waals surface area (Å²) in [5, 5.41) is 22.9. The van der Waals surface area contributed by atoms with Crippen LogP contribution in [0.2, 0.25) is 0 Å². The van der Waals surface area contributed by atoms with Gasteiger partial charge in [-0.1, -0.05) is 60.7 Å². The first-order chi connectivity index (χ1) is 14.7. The zero-order chi connectivity index (χ0) is 20.8. The second-order valence-corrected chi connectivity index (χ2v) is 8.76. The number of likely N-dealkylation sites (tertiary alicyclic amines) is 1. The first-order valence-corrected chi connectivity index (χ1v) is 11.3. The molecule has 1 aliphatic heterocycles. The molecule has 1 aromatic heterocycles. The van der Waals surface area contributed by atoms with Gasteiger partial charge in [-0.15, -0.1) is 11.3 Å². The van der Waals surface area contributed by atoms with Gasteiger partial charge >= 0.3 is 0 Å². The molecule has 0 unspecified atom stereocenters. The highest BCUT2D eigenvalue weighted by Crippen LogP contribution is 2.27. The van der Waals surface area contributed by atoms with Crippen LogP contribution in [-0.2, 0) is 6.42 Å². The third-order valence-corrected chi connectivity index (χ3v) is 6.64. The first kappa shape index (κ1) is 20.3. The van der Waals surface area contributed by atoms with Crippen LogP contribution in [0.1, 0.15) is 23.4 Å². The number of aromatic nitrogens is 1. The lowest BCUT2D eigenvalue weighted by atomic mass is 9.90. The second kappa shape index (κ2) is 9.71. The van der Waals surface area contributed by atoms with E-state index < -0.39 is 0 Å². The van der Waals surface area contributed by atoms with Crippen LogP contribution >= 0.6 is 11.3 Å². The topological polar surface area (TPSA) is 61.3 Å². The van der Waals surface area contributed by atoms with Gasteiger partial charge in [0, 0.05) is 10.9 Å². The molecular formula is C25H26N3OS+. The standard InChI is InChI=1S/C25H25N3OS/c26-16-22(25-27-23(18-30-25)21-9-5-2-6-10-21)24(29)17-28-13-11-20(12-14-28)15-19-7-3-1-4-8-19/h1-10,18,20,29H,11-15,17H2/p+1/b24-22-. The normalized spacial score (nSPS) is 19.7. The SMILES string of the molecule is N#C/C(=C(/O)C[NH+]1CCC(Cc2ccccc2)CC1)c1nc(-c2ccccc2)cs1. The molecule has 0 atom stereocenters. The summed E-state index contributed by atoms with van der Waals surface area (Å²) >= 11 is 1.41. The van der Waals surface area contributed by atoms with Crippen molar-refractivity contribution in [2.75, 3.05) is 19.6 Å². The average molecular weight is 417 g/mol. The lowest BCUT2D eigenvalue weighted by Gasteiger charge is -2.29. The number of aliphatic hydroxyl groups excluding tert-OH is 1. The minimum Gasteiger partial charge on any atom is -0.506 e. The number of benzene rings is 2. The first-order valence-electron chi connectivity index (χ1n) is 10.4. The lowest BCUT2D eigenvalue weighted by molar-refractivity contribution is -0.902. The van der Waals surface area contributed by atoms with Gasteiger partial charge in [0.25, 0.3) is 0 Å². The fourth-order valence-electron chi connectivity index (χ4n) is 4.11. The maximum absolute atomic E-state index is 10.7. The number of nitrogens with zero attached hydrogens (tertiary/aromatic N) is 2. The number of nitriles is 1. The van der Waals surface area contributed by atoms with Crippen LogP contribution in [0.3, 0.4) is 0 Å². The molecule has 4 rings (SSSR count). The van der Waals surface area contributed by atoms with Crippen molar-refractivity contribution in [3.05, 3.63) is 82.4 Å². The van der Waals surface area contributed by atoms with E-state index in [1.807, 2.05) is 35.7 Å². The van der Waals surface area contributed by atoms with Gasteiger partial charge in [0.2, 0.25) is 0 Å². The Labute approximate surface area is 181 Å². The minimum absolute atomic E-state index is 0.156. The summed E-state index contributed by atoms with van der Waals surface area (Å²) in [6, 6.07) is 22.7. The van der Waals surface area contributed by atoms with Crippen molar-refractivity contribution in [3.63, 3.8) is 0 Å². The van der Waals surface area contributed by atoms with Crippen LogP contribution in [-0.4, -0.2) is 29.7 Å². The third kappa shape index (κ3) is 4.96. The largest absolute Gasteiger partial charge is 0.506 e. The molecule has 3 aromatic rings. The van der Waals surface area contributed by atoms with Crippen molar-refractivity contribution in [2.24, 2.45) is 5.92 Å². The Morgan fingerprint density at radius 3 is 2.40 bits per heavy atom. The number of rotatable bonds is 6. The molecule has 2 N–H and O–H groups in total. The molecule has 5 heteroatoms. The van der Waals surface area contributed by atoms with E-state index in [0.29, 0.717) is 23.0 Å². The van der Waals surface area contributed by atoms with Crippen LogP contribution in [0, 0.1) is 17.2 Å². The summed E-state index contributed by atoms with van der Waals surface area (Å²) in [6.45, 7) is 2.53. The molecule has 2 heterocycles. The highest BCUT2D eigenvalue weighted by atomic mass is 32.1. The van der Waals surface area contributed by atoms with Crippen molar-refractivity contribution in [2.45, 2.75) is 19.3 Å². The number of hydrogen-bond donors (Lipinski definition) is 2. The van der Waals surface area contributed by atoms with E-state index in [2.05, 4.69) is 41.4 Å². The van der Waals surface area contributed by atoms with Gasteiger partial charge in [-0.05, 0) is 30.7 Å². The molecule has 0 spiro atoms. The number of piperidine rings is 1. The molecule has 0 amide bonds. The highest BCUT2D eigenvalue weighted by Gasteiger charge is 2.25. The predicted molar refractivity (Wildman–Crippen MR) is 121 cm³/mol. The molecule has 1 fully saturated rings. The van der Waals surface area contributed by atoms with E-state index in [1.54, 1.807) is 0 Å². The fraction of sp³-hybridized carbons (Fsp3) is 0.280. The van der Waals surface area contributed by atoms with Gasteiger partial charge in [-0.3, -0.25) is 0 Å². The van der Waals surface area contributed by atoms with Crippen LogP contribution in [0.5, 0.6) is 0 Å². The monoisotopic (exact) mass is 416 g/mol. The Morgan fingerprint density at radius 1 is 1.07 bits per heavy atom. The van der Waals surface area contributed by atoms with E-state index in [9.17, 15) is 10.4 Å². The lowest BCUT2D eigenvalue weighted by Crippen LogP contribution is -3.13. The average Bonchev–Trinajstić information content (AvgIpc) is 3.27. The maximum atomic E-state index is 10.7. The van der Waals surface area contributed by atoms with E-state index in [0.717, 1.165) is 43.6 Å². The second-order valence-electron chi connectivity index (χ2n) is 7.90. The summed E-state index contributed by atoms with van der Waals surface area (Å²) < 4.78 is 0. The molecule has 1 saturated heterocycles. The van der Waals surface area contributed by atoms with E-state index in [-0.39, 0.29) is 5.76 Å². The highest BCUT2D eigenvalue weighted by molar-refractivity contribution is 7.11. The summed E-state index contributed by atoms with van der Waals surface area (Å²) in [5.41, 5.74) is 3.56. The van der Waals surface area contributed by atoms with Crippen molar-refractivity contribution >= 4 is 16.9 Å². The smallest absolute Gasteiger partial charge is 0.168 e. The molecule has 4 nitrogen and oxygen atoms in total. The third-order valence-electron chi connectivity index (χ3n) is 5.78. The van der Waals surface area contributed by atoms with Gasteiger partial charge in [0.05, 0.1) is 18.8 Å². The molecule has 0 saturated carbocycles. The summed E-state index contributed by atoms with van der Waals surface area (Å²) in [7, 11) is 0. The van der Waals surface area contributed by atoms with Crippen LogP contribution in [0.15, 0.2) is 71.8 Å². The van der Waals surface area contributed by atoms with Crippen molar-refractivity contribution in [1.29, 1.82) is 5.26 Å². The Balaban J connectivity index is 1.38. The number of allylic oxidation sites excluding steroid dienone is 1. The molecule has 0 bridgehead atoms. The van der Waals surface area contributed by atoms with E-state index in [4.69, 9.17) is 0 Å². The summed E-state index contributed by atoms with van der Waals surface area (Å²) in [6.07, 6.45) is 3.42. The molecule has 0 aliphatic carbocycles. The predicted octanol–water partition coefficient (Wildman–Crippen LogP) is 4.14. The molecule has 0 radical (unpaired) electrons. The van der Waals surface area contributed by atoms with Gasteiger partial charge in [-0.25, -0.2) is 4.98 Å². The van der Waals surface area contributed by atoms with Gasteiger partial charge in [0.15, 0.2) is 5.76 Å². The van der Waals surface area contributed by atoms with Crippen LogP contribution in [0.4, 0.5) is 0 Å². The number of nitrogens with one attached hydrogen (secondary N) is 1. The fourth-order valence-corrected chi connectivity index (χ4v) is 4.95. The summed E-state index contributed by atoms with van der Waals surface area (Å²) in [5.74, 6) is 0.855. The minimum atomic E-state index is 0.156. The molecule has 2 aromatic carbocycles. The Bertz CT molecular complexity index is 1030. The molecule has 152 valence electrons. The van der Waals surface area contributed by atoms with Crippen molar-refractivity contribution < 1.29 is 10.0 Å². The Kier molecular flexibility index (Phi) is 6.58. The Hall–Kier alpha value is -2.94. The quantitative estimate of drug-likeness (QED) is 0.469. The maximum Gasteiger partial charge on any atom is 0.168 e. The van der Waals surface area contributed by atoms with Gasteiger partial charge < -0.3 is 10.0 Å². The number of thiazole rings is 1. The number of aliphatic hydroxyl groups is 1. The van der Waals surface area contributed by atoms with E-state index in [1.165, 1.54) is 21.8 Å². The van der Waals surface area contributed by atoms with Gasteiger partial charge in [-0.2, -0.15) is 5.26 Å². The van der Waals surface area contributed by atoms with Crippen LogP contribution < -0.4 is 4.90 Å². The molecule has 30 heavy (non-hydrogen) atoms. The van der Waals surface area contributed by atoms with Crippen LogP contribution in [0.25, 0.3) is 16.8 Å². The molecular weight excluding hydrogens is 390 g/mol. The Morgan fingerprint density at radius 2 is 1.73 bits per heavy atom. The number of quaternary nitrogens is 1. The zero-order valence-corrected chi connectivity index (χ0v) is 17.7. The molecule has 1 aliphatic rings. The van der Waals surface area contributed by atoms with Gasteiger partial charge in [0.1, 0.15) is 23.2 Å². The van der Waals surface area contributed by atoms with E-state index >= 15 is 0 Å². The zero-order valence-electron chi connectivity index (χ0n) is 16.9. The van der Waals surface area contributed by atoms with Crippen molar-refractivity contribution in [1.82, 2.24) is 4.98 Å². The summed E-state index contributed by atoms with van der Waals surface area (Å²) in [4.78, 5) is 5.93. The number of hydrogen-bond acceptors (Lipinski definition) is 4.